The standard InChI is InChI=1S/C10H12N6O/c1-16-7(2-3-15-16)4-14-10(17)8-5-13-9(11)6-12-8/h2-3,5-6H,4H2,1H3,(H2,11,13)(H,14,17). The van der Waals surface area contributed by atoms with E-state index in [1.807, 2.05) is 13.1 Å². The van der Waals surface area contributed by atoms with Crippen LogP contribution in [0.15, 0.2) is 24.7 Å². The van der Waals surface area contributed by atoms with Crippen LogP contribution in [-0.2, 0) is 13.6 Å². The third-order valence-electron chi connectivity index (χ3n) is 2.26. The Kier molecular flexibility index (Phi) is 2.99. The summed E-state index contributed by atoms with van der Waals surface area (Å²) in [6, 6.07) is 1.83. The normalized spacial score (nSPS) is 10.2. The summed E-state index contributed by atoms with van der Waals surface area (Å²) >= 11 is 0. The Hall–Kier alpha value is -2.44. The van der Waals surface area contributed by atoms with Crippen molar-refractivity contribution >= 4 is 11.7 Å². The lowest BCUT2D eigenvalue weighted by molar-refractivity contribution is 0.0944. The molecule has 0 aliphatic carbocycles. The average molecular weight is 232 g/mol. The molecule has 0 aliphatic heterocycles. The summed E-state index contributed by atoms with van der Waals surface area (Å²) in [5, 5.41) is 6.72. The first-order chi connectivity index (χ1) is 8.16. The molecule has 0 unspecified atom stereocenters. The third-order valence-corrected chi connectivity index (χ3v) is 2.26. The van der Waals surface area contributed by atoms with Crippen molar-refractivity contribution in [2.45, 2.75) is 6.54 Å². The number of amides is 1. The van der Waals surface area contributed by atoms with Gasteiger partial charge in [-0.15, -0.1) is 0 Å². The molecule has 0 saturated heterocycles. The van der Waals surface area contributed by atoms with E-state index < -0.39 is 0 Å². The number of aromatic nitrogens is 4. The number of hydrogen-bond acceptors (Lipinski definition) is 5. The zero-order valence-electron chi connectivity index (χ0n) is 9.29. The van der Waals surface area contributed by atoms with Crippen LogP contribution in [0.3, 0.4) is 0 Å². The van der Waals surface area contributed by atoms with Crippen molar-refractivity contribution in [2.75, 3.05) is 5.73 Å². The number of rotatable bonds is 3. The summed E-state index contributed by atoms with van der Waals surface area (Å²) in [6.45, 7) is 0.390. The van der Waals surface area contributed by atoms with Gasteiger partial charge in [-0.05, 0) is 6.07 Å². The Morgan fingerprint density at radius 1 is 1.47 bits per heavy atom. The predicted octanol–water partition coefficient (Wildman–Crippen LogP) is -0.278. The fraction of sp³-hybridized carbons (Fsp3) is 0.200. The van der Waals surface area contributed by atoms with Gasteiger partial charge >= 0.3 is 0 Å². The molecule has 88 valence electrons. The predicted molar refractivity (Wildman–Crippen MR) is 60.8 cm³/mol. The van der Waals surface area contributed by atoms with Crippen LogP contribution in [0.1, 0.15) is 16.2 Å². The fourth-order valence-corrected chi connectivity index (χ4v) is 1.29. The summed E-state index contributed by atoms with van der Waals surface area (Å²) in [5.41, 5.74) is 6.52. The molecule has 0 radical (unpaired) electrons. The lowest BCUT2D eigenvalue weighted by atomic mass is 10.3. The van der Waals surface area contributed by atoms with Crippen LogP contribution < -0.4 is 11.1 Å². The summed E-state index contributed by atoms with van der Waals surface area (Å²) < 4.78 is 1.69. The van der Waals surface area contributed by atoms with E-state index in [2.05, 4.69) is 20.4 Å². The SMILES string of the molecule is Cn1nccc1CNC(=O)c1cnc(N)cn1. The van der Waals surface area contributed by atoms with Gasteiger partial charge in [0, 0.05) is 13.2 Å². The second-order valence-corrected chi connectivity index (χ2v) is 3.46. The number of carbonyl (C=O) groups excluding carboxylic acids is 1. The molecule has 0 aliphatic rings. The summed E-state index contributed by atoms with van der Waals surface area (Å²) in [7, 11) is 1.81. The topological polar surface area (TPSA) is 98.7 Å². The molecule has 2 aromatic heterocycles. The first kappa shape index (κ1) is 11.1. The zero-order chi connectivity index (χ0) is 12.3. The first-order valence-electron chi connectivity index (χ1n) is 4.99. The molecule has 1 amide bonds. The molecule has 0 aromatic carbocycles. The van der Waals surface area contributed by atoms with Gasteiger partial charge in [-0.1, -0.05) is 0 Å². The van der Waals surface area contributed by atoms with Crippen molar-refractivity contribution in [2.24, 2.45) is 7.05 Å². The number of aryl methyl sites for hydroxylation is 1. The van der Waals surface area contributed by atoms with Crippen molar-refractivity contribution < 1.29 is 4.79 Å². The van der Waals surface area contributed by atoms with Crippen LogP contribution in [0.5, 0.6) is 0 Å². The summed E-state index contributed by atoms with van der Waals surface area (Å²) in [6.07, 6.45) is 4.36. The summed E-state index contributed by atoms with van der Waals surface area (Å²) in [5.74, 6) is -0.00751. The minimum Gasteiger partial charge on any atom is -0.382 e. The molecule has 7 heteroatoms. The van der Waals surface area contributed by atoms with Crippen LogP contribution in [0.4, 0.5) is 5.82 Å². The van der Waals surface area contributed by atoms with E-state index >= 15 is 0 Å². The van der Waals surface area contributed by atoms with E-state index in [0.29, 0.717) is 6.54 Å². The molecule has 0 saturated carbocycles. The van der Waals surface area contributed by atoms with Gasteiger partial charge in [0.1, 0.15) is 11.5 Å². The lowest BCUT2D eigenvalue weighted by Crippen LogP contribution is -2.25. The number of carbonyl (C=O) groups is 1. The molecule has 0 fully saturated rings. The highest BCUT2D eigenvalue weighted by molar-refractivity contribution is 5.91. The van der Waals surface area contributed by atoms with E-state index in [9.17, 15) is 4.79 Å². The number of hydrogen-bond donors (Lipinski definition) is 2. The molecular formula is C10H12N6O. The number of nitrogens with two attached hydrogens (primary N) is 1. The van der Waals surface area contributed by atoms with Gasteiger partial charge in [-0.3, -0.25) is 9.48 Å². The highest BCUT2D eigenvalue weighted by Gasteiger charge is 2.08. The molecule has 0 spiro atoms. The smallest absolute Gasteiger partial charge is 0.271 e. The molecule has 17 heavy (non-hydrogen) atoms. The Balaban J connectivity index is 1.98. The zero-order valence-corrected chi connectivity index (χ0v) is 9.29. The molecule has 2 heterocycles. The second kappa shape index (κ2) is 4.60. The Bertz CT molecular complexity index is 518. The van der Waals surface area contributed by atoms with Crippen molar-refractivity contribution in [3.05, 3.63) is 36.0 Å². The number of nitrogens with one attached hydrogen (secondary N) is 1. The van der Waals surface area contributed by atoms with E-state index in [4.69, 9.17) is 5.73 Å². The minimum atomic E-state index is -0.293. The highest BCUT2D eigenvalue weighted by Crippen LogP contribution is 1.98. The van der Waals surface area contributed by atoms with Gasteiger partial charge in [0.15, 0.2) is 0 Å². The maximum Gasteiger partial charge on any atom is 0.271 e. The Labute approximate surface area is 97.7 Å². The van der Waals surface area contributed by atoms with Crippen molar-refractivity contribution in [3.63, 3.8) is 0 Å². The Morgan fingerprint density at radius 2 is 2.29 bits per heavy atom. The monoisotopic (exact) mass is 232 g/mol. The van der Waals surface area contributed by atoms with Crippen LogP contribution in [0.25, 0.3) is 0 Å². The maximum absolute atomic E-state index is 11.7. The molecular weight excluding hydrogens is 220 g/mol. The van der Waals surface area contributed by atoms with E-state index in [1.54, 1.807) is 10.9 Å². The Morgan fingerprint density at radius 3 is 2.88 bits per heavy atom. The van der Waals surface area contributed by atoms with Gasteiger partial charge in [0.05, 0.1) is 24.6 Å². The number of nitrogens with zero attached hydrogens (tertiary/aromatic N) is 4. The maximum atomic E-state index is 11.7. The molecule has 0 atom stereocenters. The van der Waals surface area contributed by atoms with Crippen molar-refractivity contribution in [3.8, 4) is 0 Å². The minimum absolute atomic E-state index is 0.237. The number of anilines is 1. The van der Waals surface area contributed by atoms with Crippen LogP contribution in [0.2, 0.25) is 0 Å². The molecule has 3 N–H and O–H groups in total. The highest BCUT2D eigenvalue weighted by atomic mass is 16.1. The quantitative estimate of drug-likeness (QED) is 0.758. The van der Waals surface area contributed by atoms with Crippen LogP contribution in [-0.4, -0.2) is 25.7 Å². The third kappa shape index (κ3) is 2.57. The van der Waals surface area contributed by atoms with Crippen LogP contribution in [0, 0.1) is 0 Å². The molecule has 0 bridgehead atoms. The number of nitrogen functional groups attached to an aromatic ring is 1. The van der Waals surface area contributed by atoms with Crippen LogP contribution >= 0.6 is 0 Å². The van der Waals surface area contributed by atoms with E-state index in [0.717, 1.165) is 5.69 Å². The van der Waals surface area contributed by atoms with Crippen molar-refractivity contribution in [1.29, 1.82) is 0 Å². The van der Waals surface area contributed by atoms with Gasteiger partial charge < -0.3 is 11.1 Å². The van der Waals surface area contributed by atoms with Gasteiger partial charge in [-0.25, -0.2) is 9.97 Å². The van der Waals surface area contributed by atoms with E-state index in [-0.39, 0.29) is 17.4 Å². The van der Waals surface area contributed by atoms with Gasteiger partial charge in [0.2, 0.25) is 0 Å². The summed E-state index contributed by atoms with van der Waals surface area (Å²) in [4.78, 5) is 19.4. The van der Waals surface area contributed by atoms with Crippen molar-refractivity contribution in [1.82, 2.24) is 25.1 Å². The molecule has 2 aromatic rings. The van der Waals surface area contributed by atoms with Gasteiger partial charge in [-0.2, -0.15) is 5.10 Å². The lowest BCUT2D eigenvalue weighted by Gasteiger charge is -2.04. The fourth-order valence-electron chi connectivity index (χ4n) is 1.29. The van der Waals surface area contributed by atoms with E-state index in [1.165, 1.54) is 12.4 Å². The molecule has 2 rings (SSSR count). The first-order valence-corrected chi connectivity index (χ1v) is 4.99. The molecule has 7 nitrogen and oxygen atoms in total. The second-order valence-electron chi connectivity index (χ2n) is 3.46. The average Bonchev–Trinajstić information content (AvgIpc) is 2.73. The largest absolute Gasteiger partial charge is 0.382 e. The van der Waals surface area contributed by atoms with Gasteiger partial charge in [0.25, 0.3) is 5.91 Å².